The first kappa shape index (κ1) is 20.7. The van der Waals surface area contributed by atoms with Crippen molar-refractivity contribution in [2.45, 2.75) is 0 Å². The summed E-state index contributed by atoms with van der Waals surface area (Å²) in [5, 5.41) is 8.00. The Kier molecular flexibility index (Phi) is 6.03. The van der Waals surface area contributed by atoms with Crippen LogP contribution in [0.5, 0.6) is 0 Å². The maximum absolute atomic E-state index is 12.9. The minimum Gasteiger partial charge on any atom is -0.301 e. The molecule has 31 heavy (non-hydrogen) atoms. The monoisotopic (exact) mass is 478 g/mol. The molecule has 0 radical (unpaired) electrons. The van der Waals surface area contributed by atoms with Gasteiger partial charge < -0.3 is 4.90 Å². The third-order valence-electron chi connectivity index (χ3n) is 4.77. The second-order valence-corrected chi connectivity index (χ2v) is 7.76. The Morgan fingerprint density at radius 3 is 2.77 bits per heavy atom. The Morgan fingerprint density at radius 2 is 2.03 bits per heavy atom. The summed E-state index contributed by atoms with van der Waals surface area (Å²) in [5.41, 5.74) is 6.22. The maximum Gasteiger partial charge on any atom is 0.260 e. The van der Waals surface area contributed by atoms with Crippen LogP contribution in [-0.2, 0) is 16.6 Å². The number of anilines is 1. The lowest BCUT2D eigenvalue weighted by Gasteiger charge is -2.22. The summed E-state index contributed by atoms with van der Waals surface area (Å²) >= 11 is 3.50. The van der Waals surface area contributed by atoms with E-state index in [2.05, 4.69) is 36.5 Å². The first-order valence-corrected chi connectivity index (χ1v) is 10.3. The van der Waals surface area contributed by atoms with Crippen LogP contribution in [0.15, 0.2) is 75.4 Å². The number of aromatic nitrogens is 2. The normalized spacial score (nSPS) is 13.7. The van der Waals surface area contributed by atoms with Crippen molar-refractivity contribution in [3.05, 3.63) is 82.1 Å². The summed E-state index contributed by atoms with van der Waals surface area (Å²) < 4.78 is 2.49. The number of benzodiazepines with no additional fused rings is 1. The number of carbonyl (C=O) groups is 2. The van der Waals surface area contributed by atoms with Crippen molar-refractivity contribution in [1.29, 1.82) is 0 Å². The Hall–Kier alpha value is -3.59. The van der Waals surface area contributed by atoms with Gasteiger partial charge in [0.25, 0.3) is 5.91 Å². The number of hydrogen-bond acceptors (Lipinski definition) is 5. The molecule has 156 valence electrons. The molecule has 4 rings (SSSR count). The van der Waals surface area contributed by atoms with Gasteiger partial charge in [0.1, 0.15) is 13.1 Å². The predicted octanol–water partition coefficient (Wildman–Crippen LogP) is 2.52. The Morgan fingerprint density at radius 1 is 1.23 bits per heavy atom. The zero-order chi connectivity index (χ0) is 21.8. The summed E-state index contributed by atoms with van der Waals surface area (Å²) in [7, 11) is 1.78. The third-order valence-corrected chi connectivity index (χ3v) is 5.27. The molecule has 0 spiro atoms. The number of carbonyl (C=O) groups excluding carboxylic acids is 2. The number of hydrogen-bond donors (Lipinski definition) is 1. The number of benzene rings is 2. The van der Waals surface area contributed by atoms with Crippen molar-refractivity contribution in [3.63, 3.8) is 0 Å². The van der Waals surface area contributed by atoms with E-state index < -0.39 is 5.91 Å². The lowest BCUT2D eigenvalue weighted by atomic mass is 10.0. The SMILES string of the molecule is Cn1nccc1/C=N/NC(=O)CN1C(=O)CN=C(c2ccccc2)c2cc(Br)ccc21. The molecular formula is C22H19BrN6O2. The summed E-state index contributed by atoms with van der Waals surface area (Å²) in [6, 6.07) is 17.0. The van der Waals surface area contributed by atoms with Crippen molar-refractivity contribution < 1.29 is 9.59 Å². The van der Waals surface area contributed by atoms with Crippen LogP contribution in [0, 0.1) is 0 Å². The fourth-order valence-corrected chi connectivity index (χ4v) is 3.62. The predicted molar refractivity (Wildman–Crippen MR) is 122 cm³/mol. The molecule has 2 heterocycles. The molecule has 0 aliphatic carbocycles. The lowest BCUT2D eigenvalue weighted by molar-refractivity contribution is -0.123. The smallest absolute Gasteiger partial charge is 0.260 e. The molecule has 3 aromatic rings. The minimum atomic E-state index is -0.413. The van der Waals surface area contributed by atoms with Crippen LogP contribution in [0.2, 0.25) is 0 Å². The summed E-state index contributed by atoms with van der Waals surface area (Å²) in [5.74, 6) is -0.677. The zero-order valence-corrected chi connectivity index (χ0v) is 18.3. The van der Waals surface area contributed by atoms with E-state index in [0.717, 1.165) is 21.3 Å². The van der Waals surface area contributed by atoms with E-state index in [9.17, 15) is 9.59 Å². The van der Waals surface area contributed by atoms with Gasteiger partial charge in [-0.25, -0.2) is 5.43 Å². The standard InChI is InChI=1S/C22H19BrN6O2/c1-28-17(9-10-26-28)12-25-27-20(30)14-29-19-8-7-16(23)11-18(19)22(24-13-21(29)31)15-5-3-2-4-6-15/h2-12H,13-14H2,1H3,(H,27,30)/b25-12+. The molecule has 0 atom stereocenters. The number of amides is 2. The molecule has 8 nitrogen and oxygen atoms in total. The van der Waals surface area contributed by atoms with E-state index in [-0.39, 0.29) is 19.0 Å². The Labute approximate surface area is 187 Å². The van der Waals surface area contributed by atoms with E-state index in [1.165, 1.54) is 11.1 Å². The van der Waals surface area contributed by atoms with Gasteiger partial charge in [0.2, 0.25) is 5.91 Å². The van der Waals surface area contributed by atoms with Gasteiger partial charge in [0.15, 0.2) is 0 Å². The lowest BCUT2D eigenvalue weighted by Crippen LogP contribution is -2.40. The van der Waals surface area contributed by atoms with Gasteiger partial charge in [-0.2, -0.15) is 10.2 Å². The Bertz CT molecular complexity index is 1190. The molecule has 0 bridgehead atoms. The van der Waals surface area contributed by atoms with Crippen LogP contribution in [-0.4, -0.2) is 46.6 Å². The molecule has 1 aromatic heterocycles. The number of hydrazone groups is 1. The molecule has 0 unspecified atom stereocenters. The van der Waals surface area contributed by atoms with Crippen LogP contribution in [0.4, 0.5) is 5.69 Å². The molecule has 1 N–H and O–H groups in total. The van der Waals surface area contributed by atoms with Gasteiger partial charge in [-0.3, -0.25) is 19.3 Å². The average Bonchev–Trinajstić information content (AvgIpc) is 3.12. The van der Waals surface area contributed by atoms with Crippen LogP contribution >= 0.6 is 15.9 Å². The largest absolute Gasteiger partial charge is 0.301 e. The molecular weight excluding hydrogens is 460 g/mol. The van der Waals surface area contributed by atoms with Gasteiger partial charge in [0.05, 0.1) is 23.3 Å². The fraction of sp³-hybridized carbons (Fsp3) is 0.136. The molecule has 1 aliphatic heterocycles. The van der Waals surface area contributed by atoms with E-state index in [4.69, 9.17) is 0 Å². The van der Waals surface area contributed by atoms with Gasteiger partial charge in [-0.1, -0.05) is 46.3 Å². The van der Waals surface area contributed by atoms with Crippen LogP contribution in [0.1, 0.15) is 16.8 Å². The number of nitrogens with zero attached hydrogens (tertiary/aromatic N) is 5. The number of halogens is 1. The maximum atomic E-state index is 12.9. The van der Waals surface area contributed by atoms with E-state index in [1.807, 2.05) is 48.5 Å². The van der Waals surface area contributed by atoms with Crippen molar-refractivity contribution in [2.75, 3.05) is 18.0 Å². The van der Waals surface area contributed by atoms with Crippen LogP contribution < -0.4 is 10.3 Å². The highest BCUT2D eigenvalue weighted by molar-refractivity contribution is 9.10. The Balaban J connectivity index is 1.59. The van der Waals surface area contributed by atoms with Crippen molar-refractivity contribution in [1.82, 2.24) is 15.2 Å². The molecule has 0 saturated carbocycles. The van der Waals surface area contributed by atoms with Gasteiger partial charge >= 0.3 is 0 Å². The summed E-state index contributed by atoms with van der Waals surface area (Å²) in [4.78, 5) is 31.4. The average molecular weight is 479 g/mol. The highest BCUT2D eigenvalue weighted by atomic mass is 79.9. The minimum absolute atomic E-state index is 0.0535. The quantitative estimate of drug-likeness (QED) is 0.451. The van der Waals surface area contributed by atoms with Crippen LogP contribution in [0.3, 0.4) is 0 Å². The highest BCUT2D eigenvalue weighted by Crippen LogP contribution is 2.29. The molecule has 9 heteroatoms. The molecule has 2 amide bonds. The molecule has 0 saturated heterocycles. The first-order valence-electron chi connectivity index (χ1n) is 9.53. The van der Waals surface area contributed by atoms with E-state index in [1.54, 1.807) is 24.0 Å². The molecule has 0 fully saturated rings. The van der Waals surface area contributed by atoms with Crippen molar-refractivity contribution >= 4 is 45.4 Å². The fourth-order valence-electron chi connectivity index (χ4n) is 3.26. The number of rotatable bonds is 5. The zero-order valence-electron chi connectivity index (χ0n) is 16.7. The topological polar surface area (TPSA) is 92.0 Å². The number of nitrogens with one attached hydrogen (secondary N) is 1. The van der Waals surface area contributed by atoms with Gasteiger partial charge in [0, 0.05) is 28.8 Å². The third kappa shape index (κ3) is 4.61. The molecule has 2 aromatic carbocycles. The highest BCUT2D eigenvalue weighted by Gasteiger charge is 2.27. The van der Waals surface area contributed by atoms with Crippen molar-refractivity contribution in [3.8, 4) is 0 Å². The first-order chi connectivity index (χ1) is 15.0. The summed E-state index contributed by atoms with van der Waals surface area (Å²) in [6.45, 7) is -0.226. The molecule has 1 aliphatic rings. The van der Waals surface area contributed by atoms with E-state index in [0.29, 0.717) is 11.4 Å². The second-order valence-electron chi connectivity index (χ2n) is 6.85. The number of aryl methyl sites for hydroxylation is 1. The number of aliphatic imine (C=N–C) groups is 1. The van der Waals surface area contributed by atoms with Gasteiger partial charge in [-0.05, 0) is 24.3 Å². The van der Waals surface area contributed by atoms with Crippen LogP contribution in [0.25, 0.3) is 0 Å². The summed E-state index contributed by atoms with van der Waals surface area (Å²) in [6.07, 6.45) is 3.13. The number of fused-ring (bicyclic) bond motifs is 1. The van der Waals surface area contributed by atoms with Crippen molar-refractivity contribution in [2.24, 2.45) is 17.1 Å². The van der Waals surface area contributed by atoms with E-state index >= 15 is 0 Å². The second kappa shape index (κ2) is 9.05. The van der Waals surface area contributed by atoms with Gasteiger partial charge in [-0.15, -0.1) is 0 Å².